The Morgan fingerprint density at radius 3 is 3.00 bits per heavy atom. The lowest BCUT2D eigenvalue weighted by Gasteiger charge is -2.16. The van der Waals surface area contributed by atoms with Crippen LogP contribution in [0.1, 0.15) is 12.8 Å². The highest BCUT2D eigenvalue weighted by molar-refractivity contribution is 5.26. The van der Waals surface area contributed by atoms with Crippen LogP contribution < -0.4 is 0 Å². The Bertz CT molecular complexity index is 241. The summed E-state index contributed by atoms with van der Waals surface area (Å²) in [5, 5.41) is 0. The van der Waals surface area contributed by atoms with Gasteiger partial charge in [0.2, 0.25) is 0 Å². The molecule has 1 heteroatoms. The first kappa shape index (κ1) is 6.01. The molecule has 1 saturated carbocycles. The zero-order valence-electron chi connectivity index (χ0n) is 6.49. The first-order valence-electron chi connectivity index (χ1n) is 4.38. The molecule has 4 unspecified atom stereocenters. The van der Waals surface area contributed by atoms with E-state index in [1.807, 2.05) is 0 Å². The molecule has 1 aliphatic carbocycles. The number of ether oxygens (including phenoxy) is 1. The lowest BCUT2D eigenvalue weighted by molar-refractivity contribution is 0.101. The molecular formula is C10H12O. The van der Waals surface area contributed by atoms with Crippen molar-refractivity contribution in [3.05, 3.63) is 24.3 Å². The standard InChI is InChI=1S/C10H12O/c1-6-2-3-7-8-4-5-9(11-8)10(6)7/h4-5,7-10H,1-3H2. The van der Waals surface area contributed by atoms with Gasteiger partial charge in [0.15, 0.2) is 0 Å². The van der Waals surface area contributed by atoms with Crippen LogP contribution in [-0.4, -0.2) is 12.2 Å². The Hall–Kier alpha value is -0.560. The summed E-state index contributed by atoms with van der Waals surface area (Å²) in [5.41, 5.74) is 1.42. The van der Waals surface area contributed by atoms with Gasteiger partial charge in [0.25, 0.3) is 0 Å². The molecule has 0 aromatic rings. The molecule has 3 rings (SSSR count). The maximum absolute atomic E-state index is 5.74. The first-order valence-corrected chi connectivity index (χ1v) is 4.38. The van der Waals surface area contributed by atoms with E-state index in [0.29, 0.717) is 18.1 Å². The third-order valence-electron chi connectivity index (χ3n) is 3.31. The largest absolute Gasteiger partial charge is 0.366 e. The summed E-state index contributed by atoms with van der Waals surface area (Å²) in [5.74, 6) is 1.45. The summed E-state index contributed by atoms with van der Waals surface area (Å²) < 4.78 is 5.74. The normalized spacial score (nSPS) is 52.2. The zero-order chi connectivity index (χ0) is 7.42. The molecule has 0 radical (unpaired) electrons. The summed E-state index contributed by atoms with van der Waals surface area (Å²) in [6.07, 6.45) is 7.79. The molecule has 0 aromatic carbocycles. The Kier molecular flexibility index (Phi) is 0.972. The van der Waals surface area contributed by atoms with Crippen molar-refractivity contribution in [1.29, 1.82) is 0 Å². The van der Waals surface area contributed by atoms with E-state index >= 15 is 0 Å². The van der Waals surface area contributed by atoms with Gasteiger partial charge >= 0.3 is 0 Å². The van der Waals surface area contributed by atoms with Crippen molar-refractivity contribution in [3.8, 4) is 0 Å². The third-order valence-corrected chi connectivity index (χ3v) is 3.31. The second kappa shape index (κ2) is 1.78. The average molecular weight is 148 g/mol. The summed E-state index contributed by atoms with van der Waals surface area (Å²) in [4.78, 5) is 0. The van der Waals surface area contributed by atoms with Crippen LogP contribution in [0.4, 0.5) is 0 Å². The van der Waals surface area contributed by atoms with Crippen LogP contribution in [0.15, 0.2) is 24.3 Å². The summed E-state index contributed by atoms with van der Waals surface area (Å²) in [7, 11) is 0. The summed E-state index contributed by atoms with van der Waals surface area (Å²) in [6.45, 7) is 4.10. The Morgan fingerprint density at radius 2 is 2.18 bits per heavy atom. The van der Waals surface area contributed by atoms with E-state index in [2.05, 4.69) is 18.7 Å². The van der Waals surface area contributed by atoms with Crippen molar-refractivity contribution < 1.29 is 4.74 Å². The number of hydrogen-bond donors (Lipinski definition) is 0. The third kappa shape index (κ3) is 0.603. The summed E-state index contributed by atoms with van der Waals surface area (Å²) in [6, 6.07) is 0. The fourth-order valence-electron chi connectivity index (χ4n) is 2.78. The molecule has 1 saturated heterocycles. The summed E-state index contributed by atoms with van der Waals surface area (Å²) >= 11 is 0. The van der Waals surface area contributed by atoms with Gasteiger partial charge in [-0.1, -0.05) is 24.3 Å². The Balaban J connectivity index is 2.03. The monoisotopic (exact) mass is 148 g/mol. The molecule has 4 atom stereocenters. The van der Waals surface area contributed by atoms with E-state index in [4.69, 9.17) is 4.74 Å². The molecule has 2 bridgehead atoms. The Labute approximate surface area is 66.7 Å². The minimum Gasteiger partial charge on any atom is -0.366 e. The molecule has 2 heterocycles. The SMILES string of the molecule is C=C1CCC2C3C=CC(O3)C12. The lowest BCUT2D eigenvalue weighted by atomic mass is 9.85. The smallest absolute Gasteiger partial charge is 0.0833 e. The molecule has 2 fully saturated rings. The molecule has 1 nitrogen and oxygen atoms in total. The van der Waals surface area contributed by atoms with Crippen molar-refractivity contribution >= 4 is 0 Å². The zero-order valence-corrected chi connectivity index (χ0v) is 6.49. The highest BCUT2D eigenvalue weighted by atomic mass is 16.5. The van der Waals surface area contributed by atoms with Crippen LogP contribution in [0.3, 0.4) is 0 Å². The molecule has 0 amide bonds. The maximum Gasteiger partial charge on any atom is 0.0833 e. The van der Waals surface area contributed by atoms with Crippen molar-refractivity contribution in [3.63, 3.8) is 0 Å². The van der Waals surface area contributed by atoms with Crippen molar-refractivity contribution in [2.24, 2.45) is 11.8 Å². The predicted octanol–water partition coefficient (Wildman–Crippen LogP) is 1.91. The highest BCUT2D eigenvalue weighted by Crippen LogP contribution is 2.50. The fourth-order valence-corrected chi connectivity index (χ4v) is 2.78. The topological polar surface area (TPSA) is 9.23 Å². The molecule has 2 aliphatic heterocycles. The van der Waals surface area contributed by atoms with Crippen molar-refractivity contribution in [2.75, 3.05) is 0 Å². The average Bonchev–Trinajstić information content (AvgIpc) is 2.60. The van der Waals surface area contributed by atoms with Crippen LogP contribution >= 0.6 is 0 Å². The van der Waals surface area contributed by atoms with E-state index in [9.17, 15) is 0 Å². The molecule has 11 heavy (non-hydrogen) atoms. The Morgan fingerprint density at radius 1 is 1.36 bits per heavy atom. The first-order chi connectivity index (χ1) is 5.36. The second-order valence-corrected chi connectivity index (χ2v) is 3.84. The van der Waals surface area contributed by atoms with Gasteiger partial charge in [0.05, 0.1) is 12.2 Å². The van der Waals surface area contributed by atoms with Gasteiger partial charge in [-0.25, -0.2) is 0 Å². The van der Waals surface area contributed by atoms with E-state index in [0.717, 1.165) is 5.92 Å². The molecular weight excluding hydrogens is 136 g/mol. The van der Waals surface area contributed by atoms with Gasteiger partial charge in [-0.2, -0.15) is 0 Å². The maximum atomic E-state index is 5.74. The van der Waals surface area contributed by atoms with Gasteiger partial charge in [-0.05, 0) is 18.8 Å². The lowest BCUT2D eigenvalue weighted by Crippen LogP contribution is -2.18. The molecule has 58 valence electrons. The van der Waals surface area contributed by atoms with Gasteiger partial charge in [0, 0.05) is 5.92 Å². The van der Waals surface area contributed by atoms with Crippen molar-refractivity contribution in [2.45, 2.75) is 25.0 Å². The van der Waals surface area contributed by atoms with E-state index in [1.165, 1.54) is 18.4 Å². The number of rotatable bonds is 0. The van der Waals surface area contributed by atoms with Crippen molar-refractivity contribution in [1.82, 2.24) is 0 Å². The minimum atomic E-state index is 0.389. The van der Waals surface area contributed by atoms with E-state index < -0.39 is 0 Å². The van der Waals surface area contributed by atoms with Gasteiger partial charge in [-0.15, -0.1) is 0 Å². The van der Waals surface area contributed by atoms with Gasteiger partial charge in [0.1, 0.15) is 0 Å². The van der Waals surface area contributed by atoms with Gasteiger partial charge in [-0.3, -0.25) is 0 Å². The van der Waals surface area contributed by atoms with Crippen LogP contribution in [0.25, 0.3) is 0 Å². The van der Waals surface area contributed by atoms with Gasteiger partial charge < -0.3 is 4.74 Å². The highest BCUT2D eigenvalue weighted by Gasteiger charge is 2.49. The predicted molar refractivity (Wildman–Crippen MR) is 43.2 cm³/mol. The molecule has 0 N–H and O–H groups in total. The van der Waals surface area contributed by atoms with E-state index in [-0.39, 0.29) is 0 Å². The molecule has 0 spiro atoms. The fraction of sp³-hybridized carbons (Fsp3) is 0.600. The quantitative estimate of drug-likeness (QED) is 0.477. The number of fused-ring (bicyclic) bond motifs is 5. The second-order valence-electron chi connectivity index (χ2n) is 3.84. The molecule has 3 aliphatic rings. The van der Waals surface area contributed by atoms with E-state index in [1.54, 1.807) is 0 Å². The molecule has 0 aromatic heterocycles. The van der Waals surface area contributed by atoms with Crippen LogP contribution in [0.5, 0.6) is 0 Å². The minimum absolute atomic E-state index is 0.389. The number of hydrogen-bond acceptors (Lipinski definition) is 1. The van der Waals surface area contributed by atoms with Crippen LogP contribution in [0, 0.1) is 11.8 Å². The van der Waals surface area contributed by atoms with Crippen LogP contribution in [0.2, 0.25) is 0 Å². The van der Waals surface area contributed by atoms with Crippen LogP contribution in [-0.2, 0) is 4.74 Å².